The number of nitrogens with two attached hydrogens (primary N) is 1. The lowest BCUT2D eigenvalue weighted by molar-refractivity contribution is 0.0927. The van der Waals surface area contributed by atoms with E-state index in [1.807, 2.05) is 25.1 Å². The first-order valence-electron chi connectivity index (χ1n) is 10.1. The van der Waals surface area contributed by atoms with Crippen molar-refractivity contribution in [1.29, 1.82) is 5.26 Å². The van der Waals surface area contributed by atoms with E-state index < -0.39 is 0 Å². The first-order chi connectivity index (χ1) is 14.4. The Hall–Kier alpha value is -3.53. The van der Waals surface area contributed by atoms with Crippen LogP contribution in [0.4, 0.5) is 5.82 Å². The van der Waals surface area contributed by atoms with Gasteiger partial charge < -0.3 is 15.2 Å². The molecule has 7 heteroatoms. The summed E-state index contributed by atoms with van der Waals surface area (Å²) in [4.78, 5) is 4.36. The summed E-state index contributed by atoms with van der Waals surface area (Å²) >= 11 is 0. The zero-order valence-electron chi connectivity index (χ0n) is 17.2. The fourth-order valence-electron chi connectivity index (χ4n) is 4.34. The number of ether oxygens (including phenoxy) is 2. The minimum atomic E-state index is -0.278. The Morgan fingerprint density at radius 2 is 2.00 bits per heavy atom. The maximum Gasteiger partial charge on any atom is 0.166 e. The average molecular weight is 401 g/mol. The Balaban J connectivity index is 1.69. The minimum Gasteiger partial charge on any atom is -0.490 e. The molecule has 4 bridgehead atoms. The molecule has 152 valence electrons. The van der Waals surface area contributed by atoms with E-state index in [2.05, 4.69) is 29.1 Å². The molecule has 1 aliphatic carbocycles. The molecular weight excluding hydrogens is 378 g/mol. The van der Waals surface area contributed by atoms with E-state index in [0.717, 1.165) is 46.5 Å². The van der Waals surface area contributed by atoms with Crippen LogP contribution in [0.5, 0.6) is 11.5 Å². The lowest BCUT2D eigenvalue weighted by Gasteiger charge is -2.35. The number of hydrogen-bond acceptors (Lipinski definition) is 6. The molecule has 2 aliphatic heterocycles. The summed E-state index contributed by atoms with van der Waals surface area (Å²) in [5.41, 5.74) is 11.3. The predicted molar refractivity (Wildman–Crippen MR) is 112 cm³/mol. The highest BCUT2D eigenvalue weighted by molar-refractivity contribution is 5.74. The molecular formula is C23H23N5O2. The normalized spacial score (nSPS) is 21.9. The van der Waals surface area contributed by atoms with E-state index in [1.165, 1.54) is 0 Å². The monoisotopic (exact) mass is 401 g/mol. The number of fused-ring (bicyclic) bond motifs is 1. The number of nitrogen functional groups attached to an aromatic ring is 1. The van der Waals surface area contributed by atoms with Crippen LogP contribution in [0.2, 0.25) is 0 Å². The van der Waals surface area contributed by atoms with Gasteiger partial charge in [-0.15, -0.1) is 0 Å². The van der Waals surface area contributed by atoms with Crippen molar-refractivity contribution in [2.75, 3.05) is 5.73 Å². The van der Waals surface area contributed by atoms with Crippen LogP contribution in [0, 0.1) is 18.3 Å². The summed E-state index contributed by atoms with van der Waals surface area (Å²) in [6.07, 6.45) is 3.23. The first kappa shape index (κ1) is 18.5. The second kappa shape index (κ2) is 6.77. The lowest BCUT2D eigenvalue weighted by atomic mass is 9.78. The van der Waals surface area contributed by atoms with Crippen molar-refractivity contribution in [2.24, 2.45) is 7.05 Å². The van der Waals surface area contributed by atoms with Crippen molar-refractivity contribution in [3.63, 3.8) is 0 Å². The van der Waals surface area contributed by atoms with Crippen molar-refractivity contribution in [3.05, 3.63) is 53.0 Å². The highest BCUT2D eigenvalue weighted by Gasteiger charge is 2.38. The van der Waals surface area contributed by atoms with Crippen molar-refractivity contribution >= 4 is 5.82 Å². The molecule has 7 nitrogen and oxygen atoms in total. The summed E-state index contributed by atoms with van der Waals surface area (Å²) in [6.45, 7) is 4.03. The molecule has 0 spiro atoms. The highest BCUT2D eigenvalue weighted by Crippen LogP contribution is 2.45. The molecule has 2 aromatic heterocycles. The van der Waals surface area contributed by atoms with Crippen molar-refractivity contribution < 1.29 is 9.47 Å². The fraction of sp³-hybridized carbons (Fsp3) is 0.348. The SMILES string of the molecule is Cc1ccc2c(c1)[C@@H](C)Oc1cc(cnc1N)-c1c(nn(C)c1C#N)C1CC(C1)O2. The summed E-state index contributed by atoms with van der Waals surface area (Å²) in [5, 5.41) is 14.4. The fourth-order valence-corrected chi connectivity index (χ4v) is 4.34. The summed E-state index contributed by atoms with van der Waals surface area (Å²) < 4.78 is 14.2. The van der Waals surface area contributed by atoms with Gasteiger partial charge >= 0.3 is 0 Å². The number of rotatable bonds is 0. The Kier molecular flexibility index (Phi) is 4.17. The van der Waals surface area contributed by atoms with Gasteiger partial charge in [0.05, 0.1) is 5.69 Å². The van der Waals surface area contributed by atoms with Gasteiger partial charge in [0.1, 0.15) is 29.7 Å². The van der Waals surface area contributed by atoms with Gasteiger partial charge in [0.15, 0.2) is 11.6 Å². The van der Waals surface area contributed by atoms with E-state index in [0.29, 0.717) is 17.3 Å². The second-order valence-electron chi connectivity index (χ2n) is 8.16. The number of nitrogens with zero attached hydrogens (tertiary/aromatic N) is 4. The molecule has 0 amide bonds. The Bertz CT molecular complexity index is 1190. The topological polar surface area (TPSA) is 99.0 Å². The van der Waals surface area contributed by atoms with Gasteiger partial charge in [0.25, 0.3) is 0 Å². The number of aromatic nitrogens is 3. The van der Waals surface area contributed by atoms with E-state index in [4.69, 9.17) is 15.2 Å². The molecule has 0 radical (unpaired) electrons. The Labute approximate surface area is 175 Å². The van der Waals surface area contributed by atoms with Crippen molar-refractivity contribution in [3.8, 4) is 28.7 Å². The standard InChI is InChI=1S/C23H23N5O2/c1-12-4-5-19-17(6-12)13(2)29-20-9-15(11-26-23(20)25)21-18(10-24)28(3)27-22(21)14-7-16(8-14)30-19/h4-6,9,11,13-14,16H,7-8H2,1-3H3,(H2,25,26)/t13-,14?,16?/m1/s1. The number of pyridine rings is 1. The van der Waals surface area contributed by atoms with Crippen LogP contribution < -0.4 is 15.2 Å². The van der Waals surface area contributed by atoms with Crippen LogP contribution in [0.3, 0.4) is 0 Å². The van der Waals surface area contributed by atoms with Crippen LogP contribution in [-0.4, -0.2) is 20.9 Å². The van der Waals surface area contributed by atoms with E-state index in [1.54, 1.807) is 17.9 Å². The third-order valence-corrected chi connectivity index (χ3v) is 6.03. The van der Waals surface area contributed by atoms with Crippen LogP contribution in [0.1, 0.15) is 54.3 Å². The molecule has 1 saturated carbocycles. The van der Waals surface area contributed by atoms with Crippen LogP contribution in [0.25, 0.3) is 11.1 Å². The molecule has 0 unspecified atom stereocenters. The van der Waals surface area contributed by atoms with Gasteiger partial charge in [0.2, 0.25) is 0 Å². The third-order valence-electron chi connectivity index (χ3n) is 6.03. The maximum atomic E-state index is 9.76. The van der Waals surface area contributed by atoms with Crippen molar-refractivity contribution in [2.45, 2.75) is 44.8 Å². The molecule has 30 heavy (non-hydrogen) atoms. The highest BCUT2D eigenvalue weighted by atomic mass is 16.5. The Morgan fingerprint density at radius 3 is 2.77 bits per heavy atom. The smallest absolute Gasteiger partial charge is 0.166 e. The molecule has 1 fully saturated rings. The molecule has 3 aromatic rings. The summed E-state index contributed by atoms with van der Waals surface area (Å²) in [7, 11) is 1.80. The second-order valence-corrected chi connectivity index (χ2v) is 8.16. The van der Waals surface area contributed by atoms with Crippen LogP contribution in [0.15, 0.2) is 30.5 Å². The lowest BCUT2D eigenvalue weighted by Crippen LogP contribution is -2.33. The first-order valence-corrected chi connectivity index (χ1v) is 10.1. The van der Waals surface area contributed by atoms with E-state index in [-0.39, 0.29) is 18.1 Å². The predicted octanol–water partition coefficient (Wildman–Crippen LogP) is 4.02. The van der Waals surface area contributed by atoms with Gasteiger partial charge in [0, 0.05) is 35.9 Å². The van der Waals surface area contributed by atoms with Crippen LogP contribution in [-0.2, 0) is 7.05 Å². The average Bonchev–Trinajstić information content (AvgIpc) is 3.02. The summed E-state index contributed by atoms with van der Waals surface area (Å²) in [6, 6.07) is 10.3. The number of nitriles is 1. The zero-order chi connectivity index (χ0) is 21.0. The van der Waals surface area contributed by atoms with Gasteiger partial charge in [-0.1, -0.05) is 11.6 Å². The van der Waals surface area contributed by atoms with Crippen LogP contribution >= 0.6 is 0 Å². The van der Waals surface area contributed by atoms with Crippen molar-refractivity contribution in [1.82, 2.24) is 14.8 Å². The molecule has 1 aromatic carbocycles. The minimum absolute atomic E-state index is 0.108. The van der Waals surface area contributed by atoms with Gasteiger partial charge in [-0.05, 0) is 44.9 Å². The number of anilines is 1. The largest absolute Gasteiger partial charge is 0.490 e. The molecule has 6 rings (SSSR count). The molecule has 0 saturated heterocycles. The quantitative estimate of drug-likeness (QED) is 0.611. The third kappa shape index (κ3) is 2.88. The van der Waals surface area contributed by atoms with Gasteiger partial charge in [-0.2, -0.15) is 10.4 Å². The number of aryl methyl sites for hydroxylation is 2. The number of benzene rings is 1. The molecule has 1 atom stereocenters. The zero-order valence-corrected chi connectivity index (χ0v) is 17.2. The summed E-state index contributed by atoms with van der Waals surface area (Å²) in [5.74, 6) is 1.85. The van der Waals surface area contributed by atoms with E-state index in [9.17, 15) is 5.26 Å². The molecule has 2 N–H and O–H groups in total. The Morgan fingerprint density at radius 1 is 1.20 bits per heavy atom. The van der Waals surface area contributed by atoms with Gasteiger partial charge in [-0.25, -0.2) is 4.98 Å². The molecule has 3 aliphatic rings. The van der Waals surface area contributed by atoms with E-state index >= 15 is 0 Å². The maximum absolute atomic E-state index is 9.76. The number of hydrogen-bond donors (Lipinski definition) is 1. The van der Waals surface area contributed by atoms with Gasteiger partial charge in [-0.3, -0.25) is 4.68 Å². The molecule has 4 heterocycles.